The van der Waals surface area contributed by atoms with E-state index in [4.69, 9.17) is 0 Å². The highest BCUT2D eigenvalue weighted by molar-refractivity contribution is 5.97. The van der Waals surface area contributed by atoms with E-state index in [1.165, 1.54) is 42.4 Å². The molecule has 9 nitrogen and oxygen atoms in total. The minimum Gasteiger partial charge on any atom is -0.481 e. The topological polar surface area (TPSA) is 157 Å². The Morgan fingerprint density at radius 3 is 1.70 bits per heavy atom. The smallest absolute Gasteiger partial charge is 0.309 e. The van der Waals surface area contributed by atoms with E-state index in [1.807, 2.05) is 25.2 Å². The van der Waals surface area contributed by atoms with Crippen molar-refractivity contribution in [2.45, 2.75) is 244 Å². The first-order valence-electron chi connectivity index (χ1n) is 32.7. The number of rotatable bonds is 3. The Morgan fingerprint density at radius 2 is 1.09 bits per heavy atom. The van der Waals surface area contributed by atoms with Gasteiger partial charge in [-0.1, -0.05) is 86.0 Å². The first-order valence-corrected chi connectivity index (χ1v) is 32.7. The standard InChI is InChI=1S/C30H44O4.C21H28O3.C21H30O2/c1-25(2)21-8-11-30(7)23(28(21,5)10-9-22(25)32)20(31)16-18-19-17-27(4,24(33)34)13-12-26(19,3)14-15-29(18,30)6;1-12(22)16-6-7-17-15-5-4-13-10-14(23)8-9-20(13,2)19(15)18(24)11-21(16,17)3;1-13(22)17-6-7-18-16-5-4-14-12-15(23)8-10-20(14,2)19(16)9-11-21(17,18)3/h16,19,21,23H,8-15,17H2,1-7H3,(H,33,34);10,15-17,19H,4-9,11H2,1-3H3;12,16-19H,4-11H2,1-3H3/t19-,21+,23?,26-,27+,28+,29-,30-;15?,16?,17?,19?,20-,21+;16?,17?,18?,19?,20-,21+/m100/s1. The van der Waals surface area contributed by atoms with Crippen molar-refractivity contribution in [3.63, 3.8) is 0 Å². The maximum absolute atomic E-state index is 14.2. The predicted molar refractivity (Wildman–Crippen MR) is 314 cm³/mol. The van der Waals surface area contributed by atoms with Gasteiger partial charge in [-0.25, -0.2) is 0 Å². The monoisotopic (exact) mass is 1110 g/mol. The van der Waals surface area contributed by atoms with Gasteiger partial charge in [-0.2, -0.15) is 0 Å². The van der Waals surface area contributed by atoms with Gasteiger partial charge in [-0.05, 0) is 252 Å². The highest BCUT2D eigenvalue weighted by Gasteiger charge is 2.71. The Morgan fingerprint density at radius 1 is 0.519 bits per heavy atom. The second-order valence-electron chi connectivity index (χ2n) is 33.2. The van der Waals surface area contributed by atoms with Gasteiger partial charge in [0.1, 0.15) is 23.1 Å². The van der Waals surface area contributed by atoms with Crippen molar-refractivity contribution >= 4 is 46.5 Å². The Balaban J connectivity index is 0.000000131. The van der Waals surface area contributed by atoms with E-state index in [0.717, 1.165) is 120 Å². The van der Waals surface area contributed by atoms with Crippen LogP contribution < -0.4 is 0 Å². The minimum absolute atomic E-state index is 0.0603. The summed E-state index contributed by atoms with van der Waals surface area (Å²) in [6.45, 7) is 28.3. The molecule has 0 saturated heterocycles. The number of ketones is 7. The zero-order valence-electron chi connectivity index (χ0n) is 52.3. The molecule has 9 heteroatoms. The summed E-state index contributed by atoms with van der Waals surface area (Å²) >= 11 is 0. The molecule has 13 rings (SSSR count). The summed E-state index contributed by atoms with van der Waals surface area (Å²) in [4.78, 5) is 101. The Hall–Kier alpha value is -3.62. The van der Waals surface area contributed by atoms with Crippen molar-refractivity contribution in [1.82, 2.24) is 0 Å². The van der Waals surface area contributed by atoms with Crippen LogP contribution in [0.3, 0.4) is 0 Å². The maximum atomic E-state index is 14.2. The van der Waals surface area contributed by atoms with Crippen LogP contribution in [0, 0.1) is 119 Å². The normalized spacial score (nSPS) is 49.8. The van der Waals surface area contributed by atoms with E-state index >= 15 is 0 Å². The van der Waals surface area contributed by atoms with Crippen LogP contribution in [0.4, 0.5) is 0 Å². The SMILES string of the molecule is CC(=O)C1CCC2C3CCC4=CC(=O)CC[C@]4(C)C3C(=O)C[C@]12C.CC(=O)C1CCC2C3CCC4=CC(=O)CC[C@]4(C)C3CC[C@]12C.CC1(C)C(=O)CC[C@]2(C)C3C(=O)C=C4[C@H]5C[C@@](C)(C(=O)O)CC[C@]5(C)CC[C@@]4(C)[C@]3(C)CC[C@@H]12. The number of carbonyl (C=O) groups excluding carboxylic acids is 7. The summed E-state index contributed by atoms with van der Waals surface area (Å²) in [5, 5.41) is 10.0. The van der Waals surface area contributed by atoms with Gasteiger partial charge in [-0.3, -0.25) is 38.4 Å². The molecule has 13 aliphatic rings. The molecule has 0 spiro atoms. The molecule has 0 aromatic carbocycles. The van der Waals surface area contributed by atoms with Crippen LogP contribution in [-0.2, 0) is 38.4 Å². The number of aliphatic carboxylic acids is 1. The van der Waals surface area contributed by atoms with Gasteiger partial charge in [0.15, 0.2) is 17.3 Å². The number of carboxylic acid groups (broad SMARTS) is 1. The molecule has 0 aromatic heterocycles. The lowest BCUT2D eigenvalue weighted by Gasteiger charge is -2.69. The fourth-order valence-corrected chi connectivity index (χ4v) is 24.5. The quantitative estimate of drug-likeness (QED) is 0.290. The van der Waals surface area contributed by atoms with Gasteiger partial charge in [0.05, 0.1) is 5.41 Å². The lowest BCUT2D eigenvalue weighted by molar-refractivity contribution is -0.188. The molecule has 0 aromatic rings. The number of hydrogen-bond acceptors (Lipinski definition) is 8. The predicted octanol–water partition coefficient (Wildman–Crippen LogP) is 15.2. The average molecular weight is 1110 g/mol. The first-order chi connectivity index (χ1) is 37.7. The molecule has 0 bridgehead atoms. The largest absolute Gasteiger partial charge is 0.481 e. The van der Waals surface area contributed by atoms with Crippen molar-refractivity contribution in [2.24, 2.45) is 119 Å². The van der Waals surface area contributed by atoms with E-state index in [2.05, 4.69) is 69.2 Å². The molecule has 10 fully saturated rings. The van der Waals surface area contributed by atoms with Gasteiger partial charge < -0.3 is 5.11 Å². The number of fused-ring (bicyclic) bond motifs is 17. The Kier molecular flexibility index (Phi) is 14.2. The summed E-state index contributed by atoms with van der Waals surface area (Å²) in [7, 11) is 0. The van der Waals surface area contributed by atoms with Crippen LogP contribution in [-0.4, -0.2) is 51.6 Å². The molecule has 1 N–H and O–H groups in total. The van der Waals surface area contributed by atoms with Crippen molar-refractivity contribution in [3.8, 4) is 0 Å². The van der Waals surface area contributed by atoms with Gasteiger partial charge in [0.2, 0.25) is 0 Å². The molecule has 9 unspecified atom stereocenters. The summed E-state index contributed by atoms with van der Waals surface area (Å²) in [5.41, 5.74) is 2.71. The zero-order valence-corrected chi connectivity index (χ0v) is 52.3. The summed E-state index contributed by atoms with van der Waals surface area (Å²) < 4.78 is 0. The third-order valence-electron chi connectivity index (χ3n) is 29.4. The lowest BCUT2D eigenvalue weighted by Crippen LogP contribution is -2.66. The minimum atomic E-state index is -0.721. The Bertz CT molecular complexity index is 2850. The number of hydrogen-bond donors (Lipinski definition) is 1. The summed E-state index contributed by atoms with van der Waals surface area (Å²) in [6.07, 6.45) is 28.5. The first kappa shape index (κ1) is 59.1. The van der Waals surface area contributed by atoms with Crippen molar-refractivity contribution in [2.75, 3.05) is 0 Å². The van der Waals surface area contributed by atoms with Gasteiger partial charge in [0, 0.05) is 54.8 Å². The average Bonchev–Trinajstić information content (AvgIpc) is 4.02. The van der Waals surface area contributed by atoms with Crippen LogP contribution in [0.5, 0.6) is 0 Å². The van der Waals surface area contributed by atoms with Crippen LogP contribution in [0.1, 0.15) is 244 Å². The van der Waals surface area contributed by atoms with Gasteiger partial charge in [0.25, 0.3) is 0 Å². The molecule has 81 heavy (non-hydrogen) atoms. The summed E-state index contributed by atoms with van der Waals surface area (Å²) in [6, 6.07) is 0. The van der Waals surface area contributed by atoms with E-state index in [0.29, 0.717) is 66.6 Å². The molecular weight excluding hydrogens is 1010 g/mol. The van der Waals surface area contributed by atoms with Gasteiger partial charge in [-0.15, -0.1) is 0 Å². The highest BCUT2D eigenvalue weighted by atomic mass is 16.4. The number of allylic oxidation sites excluding steroid dienone is 4. The molecule has 0 aliphatic heterocycles. The second-order valence-corrected chi connectivity index (χ2v) is 33.2. The maximum Gasteiger partial charge on any atom is 0.309 e. The molecular formula is C72H102O9. The van der Waals surface area contributed by atoms with Crippen LogP contribution in [0.25, 0.3) is 0 Å². The molecule has 13 aliphatic carbocycles. The highest BCUT2D eigenvalue weighted by Crippen LogP contribution is 2.76. The molecule has 20 atom stereocenters. The third kappa shape index (κ3) is 8.47. The molecule has 444 valence electrons. The second kappa shape index (κ2) is 19.4. The third-order valence-corrected chi connectivity index (χ3v) is 29.4. The van der Waals surface area contributed by atoms with Gasteiger partial charge >= 0.3 is 5.97 Å². The Labute approximate surface area is 486 Å². The van der Waals surface area contributed by atoms with Crippen LogP contribution in [0.15, 0.2) is 34.9 Å². The van der Waals surface area contributed by atoms with E-state index in [9.17, 15) is 43.5 Å². The molecule has 0 heterocycles. The number of carboxylic acids is 1. The summed E-state index contributed by atoms with van der Waals surface area (Å²) in [5.74, 6) is 5.37. The zero-order chi connectivity index (χ0) is 58.8. The lowest BCUT2D eigenvalue weighted by atomic mass is 9.33. The van der Waals surface area contributed by atoms with Crippen molar-refractivity contribution < 1.29 is 43.5 Å². The van der Waals surface area contributed by atoms with E-state index in [1.54, 1.807) is 13.8 Å². The van der Waals surface area contributed by atoms with Crippen molar-refractivity contribution in [1.29, 1.82) is 0 Å². The molecule has 0 amide bonds. The fraction of sp³-hybridized carbons (Fsp3) is 0.806. The van der Waals surface area contributed by atoms with E-state index < -0.39 is 11.4 Å². The van der Waals surface area contributed by atoms with Crippen molar-refractivity contribution in [3.05, 3.63) is 34.9 Å². The number of carbonyl (C=O) groups is 8. The van der Waals surface area contributed by atoms with Crippen LogP contribution >= 0.6 is 0 Å². The fourth-order valence-electron chi connectivity index (χ4n) is 24.5. The molecule has 10 saturated carbocycles. The molecule has 0 radical (unpaired) electrons. The van der Waals surface area contributed by atoms with Crippen LogP contribution in [0.2, 0.25) is 0 Å². The van der Waals surface area contributed by atoms with E-state index in [-0.39, 0.29) is 95.7 Å². The number of Topliss-reactive ketones (excluding diaryl/α,β-unsaturated/α-hetero) is 4.